The molecule has 8 heteroatoms. The van der Waals surface area contributed by atoms with Crippen LogP contribution in [-0.4, -0.2) is 34.6 Å². The molecule has 1 saturated heterocycles. The Morgan fingerprint density at radius 1 is 1.18 bits per heavy atom. The fourth-order valence-electron chi connectivity index (χ4n) is 3.02. The molecule has 1 aliphatic heterocycles. The molecule has 1 heterocycles. The summed E-state index contributed by atoms with van der Waals surface area (Å²) in [5.41, 5.74) is 1.01. The van der Waals surface area contributed by atoms with Crippen molar-refractivity contribution < 1.29 is 14.0 Å². The van der Waals surface area contributed by atoms with E-state index < -0.39 is 11.4 Å². The number of carbonyl (C=O) groups is 2. The van der Waals surface area contributed by atoms with Crippen LogP contribution in [-0.2, 0) is 4.79 Å². The molecular formula is C20H19Cl2FN2O2S. The van der Waals surface area contributed by atoms with Gasteiger partial charge < -0.3 is 10.2 Å². The molecule has 1 fully saturated rings. The second-order valence-corrected chi connectivity index (χ2v) is 8.71. The summed E-state index contributed by atoms with van der Waals surface area (Å²) in [5, 5.41) is 3.07. The van der Waals surface area contributed by atoms with Crippen molar-refractivity contribution >= 4 is 46.8 Å². The van der Waals surface area contributed by atoms with Crippen LogP contribution in [0.15, 0.2) is 42.5 Å². The fraction of sp³-hybridized carbons (Fsp3) is 0.300. The van der Waals surface area contributed by atoms with E-state index in [0.717, 1.165) is 5.56 Å². The summed E-state index contributed by atoms with van der Waals surface area (Å²) in [6.07, 6.45) is 0. The third-order valence-corrected chi connectivity index (χ3v) is 6.16. The van der Waals surface area contributed by atoms with E-state index >= 15 is 0 Å². The van der Waals surface area contributed by atoms with Crippen molar-refractivity contribution in [3.8, 4) is 0 Å². The van der Waals surface area contributed by atoms with Gasteiger partial charge in [0.2, 0.25) is 5.91 Å². The first-order valence-electron chi connectivity index (χ1n) is 8.73. The van der Waals surface area contributed by atoms with Gasteiger partial charge in [0.05, 0.1) is 10.6 Å². The lowest BCUT2D eigenvalue weighted by Crippen LogP contribution is -2.49. The Labute approximate surface area is 177 Å². The first-order chi connectivity index (χ1) is 13.3. The van der Waals surface area contributed by atoms with E-state index in [1.54, 1.807) is 24.3 Å². The van der Waals surface area contributed by atoms with Crippen LogP contribution in [0.5, 0.6) is 0 Å². The summed E-state index contributed by atoms with van der Waals surface area (Å²) in [4.78, 5) is 27.6. The molecule has 2 aromatic carbocycles. The number of nitrogens with zero attached hydrogens (tertiary/aromatic N) is 1. The molecule has 2 atom stereocenters. The lowest BCUT2D eigenvalue weighted by molar-refractivity contribution is -0.125. The third kappa shape index (κ3) is 4.45. The highest BCUT2D eigenvalue weighted by atomic mass is 35.5. The number of carbonyl (C=O) groups excluding carboxylic acids is 2. The number of rotatable bonds is 4. The highest BCUT2D eigenvalue weighted by Crippen LogP contribution is 2.43. The quantitative estimate of drug-likeness (QED) is 0.734. The average Bonchev–Trinajstić information content (AvgIpc) is 3.06. The Bertz CT molecular complexity index is 892. The number of hydrogen-bond donors (Lipinski definition) is 1. The highest BCUT2D eigenvalue weighted by Gasteiger charge is 2.43. The molecule has 1 N–H and O–H groups in total. The van der Waals surface area contributed by atoms with E-state index in [4.69, 9.17) is 23.2 Å². The van der Waals surface area contributed by atoms with Gasteiger partial charge in [-0.3, -0.25) is 9.59 Å². The van der Waals surface area contributed by atoms with Crippen LogP contribution < -0.4 is 5.32 Å². The Hall–Kier alpha value is -1.76. The second kappa shape index (κ2) is 8.72. The van der Waals surface area contributed by atoms with E-state index in [0.29, 0.717) is 10.8 Å². The van der Waals surface area contributed by atoms with E-state index in [2.05, 4.69) is 5.32 Å². The summed E-state index contributed by atoms with van der Waals surface area (Å²) in [7, 11) is 0. The topological polar surface area (TPSA) is 49.4 Å². The second-order valence-electron chi connectivity index (χ2n) is 6.75. The van der Waals surface area contributed by atoms with Crippen molar-refractivity contribution in [3.05, 3.63) is 69.5 Å². The molecule has 0 radical (unpaired) electrons. The molecule has 0 spiro atoms. The molecule has 2 aromatic rings. The molecule has 2 unspecified atom stereocenters. The maximum Gasteiger partial charge on any atom is 0.257 e. The number of benzene rings is 2. The van der Waals surface area contributed by atoms with E-state index in [1.165, 1.54) is 34.9 Å². The minimum Gasteiger partial charge on any atom is -0.352 e. The Kier molecular flexibility index (Phi) is 6.53. The van der Waals surface area contributed by atoms with E-state index in [1.807, 2.05) is 13.8 Å². The molecular weight excluding hydrogens is 422 g/mol. The van der Waals surface area contributed by atoms with Crippen molar-refractivity contribution in [3.63, 3.8) is 0 Å². The van der Waals surface area contributed by atoms with Gasteiger partial charge in [0.1, 0.15) is 17.2 Å². The van der Waals surface area contributed by atoms with Crippen molar-refractivity contribution in [2.75, 3.05) is 5.75 Å². The largest absolute Gasteiger partial charge is 0.352 e. The first kappa shape index (κ1) is 21.0. The minimum atomic E-state index is -0.665. The predicted molar refractivity (Wildman–Crippen MR) is 111 cm³/mol. The fourth-order valence-corrected chi connectivity index (χ4v) is 4.94. The zero-order valence-electron chi connectivity index (χ0n) is 15.3. The number of halogens is 3. The molecule has 28 heavy (non-hydrogen) atoms. The summed E-state index contributed by atoms with van der Waals surface area (Å²) < 4.78 is 13.4. The summed E-state index contributed by atoms with van der Waals surface area (Å²) >= 11 is 13.6. The molecule has 0 bridgehead atoms. The molecule has 2 amide bonds. The predicted octanol–water partition coefficient (Wildman–Crippen LogP) is 4.91. The SMILES string of the molecule is CC(C)NC(=O)C1CSC(c2ccc(F)cc2)N1C(=O)c1ccc(Cl)cc1Cl. The average molecular weight is 441 g/mol. The van der Waals surface area contributed by atoms with Gasteiger partial charge >= 0.3 is 0 Å². The summed E-state index contributed by atoms with van der Waals surface area (Å²) in [6.45, 7) is 3.72. The van der Waals surface area contributed by atoms with E-state index in [-0.39, 0.29) is 34.3 Å². The number of amides is 2. The number of thioether (sulfide) groups is 1. The standard InChI is InChI=1S/C20H19Cl2FN2O2S/c1-11(2)24-18(26)17-10-28-20(12-3-6-14(23)7-4-12)25(17)19(27)15-8-5-13(21)9-16(15)22/h3-9,11,17,20H,10H2,1-2H3,(H,24,26). The molecule has 148 valence electrons. The van der Waals surface area contributed by atoms with Crippen LogP contribution in [0.2, 0.25) is 10.0 Å². The van der Waals surface area contributed by atoms with Crippen LogP contribution >= 0.6 is 35.0 Å². The van der Waals surface area contributed by atoms with Crippen LogP contribution in [0.4, 0.5) is 4.39 Å². The summed E-state index contributed by atoms with van der Waals surface area (Å²) in [6, 6.07) is 9.84. The van der Waals surface area contributed by atoms with Gasteiger partial charge in [-0.1, -0.05) is 35.3 Å². The van der Waals surface area contributed by atoms with Crippen LogP contribution in [0.1, 0.15) is 35.1 Å². The van der Waals surface area contributed by atoms with Crippen LogP contribution in [0.25, 0.3) is 0 Å². The normalized spacial score (nSPS) is 19.1. The number of nitrogens with one attached hydrogen (secondary N) is 1. The smallest absolute Gasteiger partial charge is 0.257 e. The minimum absolute atomic E-state index is 0.0570. The molecule has 1 aliphatic rings. The molecule has 3 rings (SSSR count). The number of hydrogen-bond acceptors (Lipinski definition) is 3. The van der Waals surface area contributed by atoms with Gasteiger partial charge in [0, 0.05) is 16.8 Å². The lowest BCUT2D eigenvalue weighted by Gasteiger charge is -2.30. The van der Waals surface area contributed by atoms with Crippen molar-refractivity contribution in [1.82, 2.24) is 10.2 Å². The van der Waals surface area contributed by atoms with E-state index in [9.17, 15) is 14.0 Å². The van der Waals surface area contributed by atoms with Gasteiger partial charge in [0.15, 0.2) is 0 Å². The van der Waals surface area contributed by atoms with Gasteiger partial charge in [0.25, 0.3) is 5.91 Å². The van der Waals surface area contributed by atoms with Crippen molar-refractivity contribution in [1.29, 1.82) is 0 Å². The Morgan fingerprint density at radius 2 is 1.86 bits per heavy atom. The molecule has 0 aromatic heterocycles. The molecule has 0 aliphatic carbocycles. The van der Waals surface area contributed by atoms with Crippen LogP contribution in [0.3, 0.4) is 0 Å². The zero-order valence-corrected chi connectivity index (χ0v) is 17.6. The maximum atomic E-state index is 13.4. The maximum absolute atomic E-state index is 13.4. The highest BCUT2D eigenvalue weighted by molar-refractivity contribution is 7.99. The lowest BCUT2D eigenvalue weighted by atomic mass is 10.1. The van der Waals surface area contributed by atoms with Gasteiger partial charge in [-0.25, -0.2) is 4.39 Å². The Balaban J connectivity index is 2.00. The third-order valence-electron chi connectivity index (χ3n) is 4.29. The molecule has 0 saturated carbocycles. The molecule has 4 nitrogen and oxygen atoms in total. The van der Waals surface area contributed by atoms with Crippen molar-refractivity contribution in [2.24, 2.45) is 0 Å². The van der Waals surface area contributed by atoms with Crippen LogP contribution in [0, 0.1) is 5.82 Å². The van der Waals surface area contributed by atoms with Gasteiger partial charge in [-0.05, 0) is 49.7 Å². The Morgan fingerprint density at radius 3 is 2.46 bits per heavy atom. The van der Waals surface area contributed by atoms with Gasteiger partial charge in [-0.15, -0.1) is 11.8 Å². The van der Waals surface area contributed by atoms with Gasteiger partial charge in [-0.2, -0.15) is 0 Å². The van der Waals surface area contributed by atoms with Crippen molar-refractivity contribution in [2.45, 2.75) is 31.3 Å². The first-order valence-corrected chi connectivity index (χ1v) is 10.5. The summed E-state index contributed by atoms with van der Waals surface area (Å²) in [5.74, 6) is -0.535. The monoisotopic (exact) mass is 440 g/mol. The zero-order chi connectivity index (χ0) is 20.4.